The van der Waals surface area contributed by atoms with Gasteiger partial charge in [0, 0.05) is 5.56 Å². The van der Waals surface area contributed by atoms with E-state index in [1.54, 1.807) is 7.11 Å². The second-order valence-electron chi connectivity index (χ2n) is 6.39. The Bertz CT molecular complexity index is 568. The molecule has 1 atom stereocenters. The molecule has 0 heterocycles. The highest BCUT2D eigenvalue weighted by Crippen LogP contribution is 2.37. The molecule has 0 aliphatic rings. The monoisotopic (exact) mass is 301 g/mol. The third-order valence-electron chi connectivity index (χ3n) is 3.77. The first-order valence-electron chi connectivity index (χ1n) is 6.92. The molecule has 0 aliphatic carbocycles. The summed E-state index contributed by atoms with van der Waals surface area (Å²) >= 11 is 0. The van der Waals surface area contributed by atoms with E-state index in [1.165, 1.54) is 0 Å². The van der Waals surface area contributed by atoms with Crippen molar-refractivity contribution in [1.29, 1.82) is 5.26 Å². The molecular formula is C17H23NO2Si. The van der Waals surface area contributed by atoms with Gasteiger partial charge in [-0.25, -0.2) is 0 Å². The molecule has 1 aromatic carbocycles. The van der Waals surface area contributed by atoms with Gasteiger partial charge in [0.05, 0.1) is 7.11 Å². The second-order valence-corrected chi connectivity index (χ2v) is 11.1. The first-order valence-corrected chi connectivity index (χ1v) is 9.83. The highest BCUT2D eigenvalue weighted by molar-refractivity contribution is 6.74. The van der Waals surface area contributed by atoms with E-state index in [9.17, 15) is 5.26 Å². The molecule has 21 heavy (non-hydrogen) atoms. The Morgan fingerprint density at radius 3 is 2.14 bits per heavy atom. The van der Waals surface area contributed by atoms with Crippen molar-refractivity contribution in [3.8, 4) is 23.7 Å². The summed E-state index contributed by atoms with van der Waals surface area (Å²) in [5.41, 5.74) is 0.842. The van der Waals surface area contributed by atoms with Crippen LogP contribution in [0.1, 0.15) is 26.3 Å². The first-order chi connectivity index (χ1) is 9.69. The molecule has 112 valence electrons. The number of methoxy groups -OCH3 is 1. The van der Waals surface area contributed by atoms with Gasteiger partial charge in [-0.2, -0.15) is 5.26 Å². The molecule has 0 aliphatic heterocycles. The number of nitrogens with zero attached hydrogens (tertiary/aromatic N) is 1. The van der Waals surface area contributed by atoms with Gasteiger partial charge in [0.15, 0.2) is 14.4 Å². The summed E-state index contributed by atoms with van der Waals surface area (Å²) in [5, 5.41) is 9.30. The molecule has 3 nitrogen and oxygen atoms in total. The Hall–Kier alpha value is -1.75. The standard InChI is InChI=1S/C17H23NO2Si/c1-17(2,3)21(5,6)20-16(13-18)12-9-14-7-10-15(19-4)11-8-14/h7-8,10-11,16H,1-6H3/t16-/m0/s1. The summed E-state index contributed by atoms with van der Waals surface area (Å²) in [6.07, 6.45) is -0.687. The third-order valence-corrected chi connectivity index (χ3v) is 8.21. The van der Waals surface area contributed by atoms with Crippen LogP contribution in [0, 0.1) is 23.2 Å². The van der Waals surface area contributed by atoms with E-state index in [-0.39, 0.29) is 5.04 Å². The molecule has 0 aromatic heterocycles. The van der Waals surface area contributed by atoms with Crippen molar-refractivity contribution < 1.29 is 9.16 Å². The van der Waals surface area contributed by atoms with Crippen LogP contribution in [0.15, 0.2) is 24.3 Å². The van der Waals surface area contributed by atoms with Crippen molar-refractivity contribution in [2.75, 3.05) is 7.11 Å². The fourth-order valence-corrected chi connectivity index (χ4v) is 2.44. The molecule has 4 heteroatoms. The lowest BCUT2D eigenvalue weighted by Crippen LogP contribution is -2.43. The third kappa shape index (κ3) is 4.93. The molecule has 1 rings (SSSR count). The van der Waals surface area contributed by atoms with Crippen LogP contribution in [0.5, 0.6) is 5.75 Å². The van der Waals surface area contributed by atoms with Crippen molar-refractivity contribution in [1.82, 2.24) is 0 Å². The zero-order chi connectivity index (χ0) is 16.1. The summed E-state index contributed by atoms with van der Waals surface area (Å²) in [5.74, 6) is 6.69. The van der Waals surface area contributed by atoms with E-state index in [4.69, 9.17) is 9.16 Å². The number of ether oxygens (including phenoxy) is 1. The number of nitriles is 1. The largest absolute Gasteiger partial charge is 0.497 e. The molecule has 0 N–H and O–H groups in total. The Kier molecular flexibility index (Phi) is 5.60. The number of rotatable bonds is 3. The highest BCUT2D eigenvalue weighted by atomic mass is 28.4. The van der Waals surface area contributed by atoms with Crippen molar-refractivity contribution >= 4 is 8.32 Å². The van der Waals surface area contributed by atoms with E-state index < -0.39 is 14.4 Å². The maximum Gasteiger partial charge on any atom is 0.196 e. The SMILES string of the molecule is COc1ccc(C#C[C@@H](C#N)O[Si](C)(C)C(C)(C)C)cc1. The van der Waals surface area contributed by atoms with Crippen LogP contribution in [-0.2, 0) is 4.43 Å². The minimum atomic E-state index is -1.99. The molecule has 0 unspecified atom stereocenters. The number of hydrogen-bond acceptors (Lipinski definition) is 3. The topological polar surface area (TPSA) is 42.2 Å². The highest BCUT2D eigenvalue weighted by Gasteiger charge is 2.39. The fraction of sp³-hybridized carbons (Fsp3) is 0.471. The molecule has 0 radical (unpaired) electrons. The van der Waals surface area contributed by atoms with Crippen LogP contribution < -0.4 is 4.74 Å². The Morgan fingerprint density at radius 1 is 1.14 bits per heavy atom. The van der Waals surface area contributed by atoms with E-state index >= 15 is 0 Å². The van der Waals surface area contributed by atoms with Crippen LogP contribution in [-0.4, -0.2) is 21.5 Å². The Balaban J connectivity index is 2.84. The van der Waals surface area contributed by atoms with Gasteiger partial charge in [0.25, 0.3) is 0 Å². The zero-order valence-corrected chi connectivity index (χ0v) is 14.7. The lowest BCUT2D eigenvalue weighted by Gasteiger charge is -2.36. The van der Waals surface area contributed by atoms with Crippen molar-refractivity contribution in [2.24, 2.45) is 0 Å². The lowest BCUT2D eigenvalue weighted by molar-refractivity contribution is 0.281. The Morgan fingerprint density at radius 2 is 1.71 bits per heavy atom. The maximum absolute atomic E-state index is 9.24. The molecule has 0 amide bonds. The molecule has 0 spiro atoms. The predicted molar refractivity (Wildman–Crippen MR) is 87.6 cm³/mol. The average Bonchev–Trinajstić information content (AvgIpc) is 2.42. The van der Waals surface area contributed by atoms with Gasteiger partial charge in [-0.1, -0.05) is 32.6 Å². The van der Waals surface area contributed by atoms with Crippen LogP contribution in [0.25, 0.3) is 0 Å². The summed E-state index contributed by atoms with van der Waals surface area (Å²) in [6, 6.07) is 9.57. The van der Waals surface area contributed by atoms with E-state index in [1.807, 2.05) is 24.3 Å². The van der Waals surface area contributed by atoms with Gasteiger partial charge < -0.3 is 9.16 Å². The van der Waals surface area contributed by atoms with Crippen molar-refractivity contribution in [3.05, 3.63) is 29.8 Å². The first kappa shape index (κ1) is 17.3. The average molecular weight is 301 g/mol. The molecule has 0 saturated carbocycles. The van der Waals surface area contributed by atoms with Gasteiger partial charge in [-0.3, -0.25) is 0 Å². The van der Waals surface area contributed by atoms with Gasteiger partial charge in [-0.05, 0) is 42.4 Å². The normalized spacial score (nSPS) is 12.8. The van der Waals surface area contributed by atoms with Gasteiger partial charge in [0.1, 0.15) is 11.8 Å². The smallest absolute Gasteiger partial charge is 0.196 e. The molecular weight excluding hydrogens is 278 g/mol. The van der Waals surface area contributed by atoms with Crippen molar-refractivity contribution in [3.63, 3.8) is 0 Å². The number of hydrogen-bond donors (Lipinski definition) is 0. The predicted octanol–water partition coefficient (Wildman–Crippen LogP) is 3.96. The minimum Gasteiger partial charge on any atom is -0.497 e. The second kappa shape index (κ2) is 6.80. The summed E-state index contributed by atoms with van der Waals surface area (Å²) in [7, 11) is -0.362. The summed E-state index contributed by atoms with van der Waals surface area (Å²) in [4.78, 5) is 0. The Labute approximate surface area is 129 Å². The molecule has 0 bridgehead atoms. The van der Waals surface area contributed by atoms with Gasteiger partial charge in [0.2, 0.25) is 0 Å². The van der Waals surface area contributed by atoms with Gasteiger partial charge in [-0.15, -0.1) is 0 Å². The van der Waals surface area contributed by atoms with E-state index in [0.717, 1.165) is 11.3 Å². The van der Waals surface area contributed by atoms with E-state index in [0.29, 0.717) is 0 Å². The van der Waals surface area contributed by atoms with E-state index in [2.05, 4.69) is 51.8 Å². The number of benzene rings is 1. The zero-order valence-electron chi connectivity index (χ0n) is 13.7. The molecule has 1 aromatic rings. The summed E-state index contributed by atoms with van der Waals surface area (Å²) < 4.78 is 11.1. The van der Waals surface area contributed by atoms with Gasteiger partial charge >= 0.3 is 0 Å². The summed E-state index contributed by atoms with van der Waals surface area (Å²) in [6.45, 7) is 10.7. The molecule has 0 saturated heterocycles. The lowest BCUT2D eigenvalue weighted by atomic mass is 10.2. The van der Waals surface area contributed by atoms with Crippen LogP contribution in [0.2, 0.25) is 18.1 Å². The van der Waals surface area contributed by atoms with Crippen molar-refractivity contribution in [2.45, 2.75) is 45.0 Å². The van der Waals surface area contributed by atoms with Crippen LogP contribution in [0.4, 0.5) is 0 Å². The minimum absolute atomic E-state index is 0.0594. The maximum atomic E-state index is 9.24. The van der Waals surface area contributed by atoms with Crippen LogP contribution in [0.3, 0.4) is 0 Å². The molecule has 0 fully saturated rings. The fourth-order valence-electron chi connectivity index (χ4n) is 1.38. The van der Waals surface area contributed by atoms with Crippen LogP contribution >= 0.6 is 0 Å². The quantitative estimate of drug-likeness (QED) is 0.627.